The van der Waals surface area contributed by atoms with Crippen molar-refractivity contribution in [1.82, 2.24) is 0 Å². The highest BCUT2D eigenvalue weighted by Crippen LogP contribution is 2.29. The van der Waals surface area contributed by atoms with Crippen LogP contribution in [-0.4, -0.2) is 13.5 Å². The third-order valence-electron chi connectivity index (χ3n) is 3.37. The average molecular weight is 337 g/mol. The van der Waals surface area contributed by atoms with Crippen LogP contribution in [0.5, 0.6) is 0 Å². The molecule has 0 aromatic rings. The van der Waals surface area contributed by atoms with Gasteiger partial charge in [0.1, 0.15) is 0 Å². The largest absolute Gasteiger partial charge is 0.406 e. The minimum Gasteiger partial charge on any atom is -0.406 e. The van der Waals surface area contributed by atoms with Crippen molar-refractivity contribution in [3.63, 3.8) is 0 Å². The van der Waals surface area contributed by atoms with Crippen LogP contribution >= 0.6 is 15.3 Å². The van der Waals surface area contributed by atoms with Gasteiger partial charge in [0.25, 0.3) is 6.94 Å². The molecule has 0 saturated heterocycles. The van der Waals surface area contributed by atoms with Gasteiger partial charge in [-0.2, -0.15) is 0 Å². The van der Waals surface area contributed by atoms with E-state index in [9.17, 15) is 0 Å². The fourth-order valence-corrected chi connectivity index (χ4v) is 7.10. The van der Waals surface area contributed by atoms with Gasteiger partial charge in [-0.3, -0.25) is 0 Å². The molecule has 0 radical (unpaired) electrons. The summed E-state index contributed by atoms with van der Waals surface area (Å²) in [4.78, 5) is 0. The van der Waals surface area contributed by atoms with E-state index in [1.54, 1.807) is 0 Å². The zero-order valence-electron chi connectivity index (χ0n) is 12.8. The summed E-state index contributed by atoms with van der Waals surface area (Å²) in [6, 6.07) is 2.59. The average Bonchev–Trinajstić information content (AvgIpc) is 2.38. The summed E-state index contributed by atoms with van der Waals surface area (Å²) in [6.45, 7) is 6.14. The number of unbranched alkanes of at least 4 members (excludes halogenated alkanes) is 6. The molecule has 0 aliphatic rings. The molecule has 0 aliphatic heterocycles. The van der Waals surface area contributed by atoms with Gasteiger partial charge in [0.15, 0.2) is 0 Å². The summed E-state index contributed by atoms with van der Waals surface area (Å²) < 4.78 is 6.16. The van der Waals surface area contributed by atoms with E-state index in [0.717, 1.165) is 13.0 Å². The standard InChI is InChI=1S/C15H33BrOSi/c1-4-7-9-10-11-12-15-18(16,14-8-5-2)17-13-6-3/h4-15H2,1-3H3. The highest BCUT2D eigenvalue weighted by Gasteiger charge is 2.30. The van der Waals surface area contributed by atoms with E-state index in [0.29, 0.717) is 0 Å². The minimum absolute atomic E-state index is 0.941. The topological polar surface area (TPSA) is 9.23 Å². The lowest BCUT2D eigenvalue weighted by Crippen LogP contribution is -2.31. The van der Waals surface area contributed by atoms with Crippen LogP contribution in [0.2, 0.25) is 12.1 Å². The molecule has 0 saturated carbocycles. The van der Waals surface area contributed by atoms with Crippen LogP contribution in [0.25, 0.3) is 0 Å². The second-order valence-electron chi connectivity index (χ2n) is 5.35. The maximum Gasteiger partial charge on any atom is 0.263 e. The number of hydrogen-bond acceptors (Lipinski definition) is 1. The molecule has 0 fully saturated rings. The molecule has 18 heavy (non-hydrogen) atoms. The van der Waals surface area contributed by atoms with Crippen LogP contribution in [0.3, 0.4) is 0 Å². The molecule has 0 N–H and O–H groups in total. The first-order chi connectivity index (χ1) is 8.68. The Morgan fingerprint density at radius 2 is 1.28 bits per heavy atom. The van der Waals surface area contributed by atoms with Crippen molar-refractivity contribution in [2.75, 3.05) is 6.61 Å². The second-order valence-corrected chi connectivity index (χ2v) is 12.7. The second kappa shape index (κ2) is 12.7. The Balaban J connectivity index is 3.77. The van der Waals surface area contributed by atoms with Crippen LogP contribution in [0.4, 0.5) is 0 Å². The molecule has 0 amide bonds. The fourth-order valence-electron chi connectivity index (χ4n) is 2.16. The van der Waals surface area contributed by atoms with Crippen molar-refractivity contribution in [1.29, 1.82) is 0 Å². The molecule has 0 spiro atoms. The lowest BCUT2D eigenvalue weighted by Gasteiger charge is -2.25. The van der Waals surface area contributed by atoms with E-state index in [1.165, 1.54) is 63.5 Å². The van der Waals surface area contributed by atoms with Crippen LogP contribution in [0.15, 0.2) is 0 Å². The Hall–Kier alpha value is 0.657. The lowest BCUT2D eigenvalue weighted by atomic mass is 10.1. The molecule has 1 nitrogen and oxygen atoms in total. The van der Waals surface area contributed by atoms with Gasteiger partial charge >= 0.3 is 0 Å². The molecule has 0 aromatic heterocycles. The van der Waals surface area contributed by atoms with Gasteiger partial charge in [-0.1, -0.05) is 87.4 Å². The Morgan fingerprint density at radius 3 is 1.89 bits per heavy atom. The van der Waals surface area contributed by atoms with E-state index in [2.05, 4.69) is 36.1 Å². The Labute approximate surface area is 124 Å². The Morgan fingerprint density at radius 1 is 0.722 bits per heavy atom. The van der Waals surface area contributed by atoms with Gasteiger partial charge in [-0.25, -0.2) is 0 Å². The molecular weight excluding hydrogens is 304 g/mol. The first kappa shape index (κ1) is 18.7. The first-order valence-electron chi connectivity index (χ1n) is 8.01. The van der Waals surface area contributed by atoms with E-state index >= 15 is 0 Å². The maximum atomic E-state index is 6.16. The van der Waals surface area contributed by atoms with E-state index in [1.807, 2.05) is 0 Å². The van der Waals surface area contributed by atoms with Crippen LogP contribution in [-0.2, 0) is 4.43 Å². The van der Waals surface area contributed by atoms with Gasteiger partial charge in [0.2, 0.25) is 0 Å². The van der Waals surface area contributed by atoms with Gasteiger partial charge in [0.05, 0.1) is 0 Å². The molecule has 0 rings (SSSR count). The normalized spacial score (nSPS) is 14.7. The van der Waals surface area contributed by atoms with Crippen LogP contribution < -0.4 is 0 Å². The minimum atomic E-state index is -1.55. The zero-order chi connectivity index (χ0) is 13.7. The monoisotopic (exact) mass is 336 g/mol. The van der Waals surface area contributed by atoms with Gasteiger partial charge in [-0.15, -0.1) is 0 Å². The van der Waals surface area contributed by atoms with Gasteiger partial charge in [-0.05, 0) is 18.5 Å². The highest BCUT2D eigenvalue weighted by atomic mass is 79.9. The molecular formula is C15H33BrOSi. The zero-order valence-corrected chi connectivity index (χ0v) is 15.4. The molecule has 1 unspecified atom stereocenters. The summed E-state index contributed by atoms with van der Waals surface area (Å²) >= 11 is 3.99. The Bertz CT molecular complexity index is 168. The van der Waals surface area contributed by atoms with Crippen molar-refractivity contribution >= 4 is 22.2 Å². The summed E-state index contributed by atoms with van der Waals surface area (Å²) in [5.74, 6) is 0. The van der Waals surface area contributed by atoms with E-state index in [-0.39, 0.29) is 0 Å². The van der Waals surface area contributed by atoms with Crippen LogP contribution in [0, 0.1) is 0 Å². The van der Waals surface area contributed by atoms with Crippen molar-refractivity contribution in [2.45, 2.75) is 90.6 Å². The number of halogens is 1. The predicted molar refractivity (Wildman–Crippen MR) is 88.8 cm³/mol. The maximum absolute atomic E-state index is 6.16. The predicted octanol–water partition coefficient (Wildman–Crippen LogP) is 6.41. The highest BCUT2D eigenvalue weighted by molar-refractivity contribution is 9.25. The molecule has 1 atom stereocenters. The van der Waals surface area contributed by atoms with Crippen LogP contribution in [0.1, 0.15) is 78.6 Å². The van der Waals surface area contributed by atoms with E-state index < -0.39 is 6.94 Å². The lowest BCUT2D eigenvalue weighted by molar-refractivity contribution is 0.311. The van der Waals surface area contributed by atoms with Gasteiger partial charge < -0.3 is 4.43 Å². The molecule has 0 aromatic carbocycles. The number of hydrogen-bond donors (Lipinski definition) is 0. The smallest absolute Gasteiger partial charge is 0.263 e. The quantitative estimate of drug-likeness (QED) is 0.214. The molecule has 0 bridgehead atoms. The molecule has 0 aliphatic carbocycles. The molecule has 0 heterocycles. The van der Waals surface area contributed by atoms with Crippen molar-refractivity contribution < 1.29 is 4.43 Å². The SMILES string of the molecule is CCCCCCCC[Si](Br)(CCCC)OCCC. The van der Waals surface area contributed by atoms with Crippen molar-refractivity contribution in [3.8, 4) is 0 Å². The molecule has 3 heteroatoms. The Kier molecular flexibility index (Phi) is 13.1. The first-order valence-corrected chi connectivity index (χ1v) is 12.6. The summed E-state index contributed by atoms with van der Waals surface area (Å²) in [7, 11) is 0. The third-order valence-corrected chi connectivity index (χ3v) is 9.36. The number of rotatable bonds is 13. The van der Waals surface area contributed by atoms with Gasteiger partial charge in [0, 0.05) is 6.61 Å². The molecule has 110 valence electrons. The fraction of sp³-hybridized carbons (Fsp3) is 1.00. The third kappa shape index (κ3) is 10.6. The summed E-state index contributed by atoms with van der Waals surface area (Å²) in [5.41, 5.74) is 0. The summed E-state index contributed by atoms with van der Waals surface area (Å²) in [5, 5.41) is 0. The van der Waals surface area contributed by atoms with Crippen molar-refractivity contribution in [3.05, 3.63) is 0 Å². The van der Waals surface area contributed by atoms with E-state index in [4.69, 9.17) is 4.43 Å². The van der Waals surface area contributed by atoms with Crippen molar-refractivity contribution in [2.24, 2.45) is 0 Å². The summed E-state index contributed by atoms with van der Waals surface area (Å²) in [6.07, 6.45) is 12.1.